The van der Waals surface area contributed by atoms with Crippen molar-refractivity contribution in [2.24, 2.45) is 0 Å². The minimum absolute atomic E-state index is 0.420. The predicted molar refractivity (Wildman–Crippen MR) is 66.8 cm³/mol. The third-order valence-corrected chi connectivity index (χ3v) is 3.00. The van der Waals surface area contributed by atoms with E-state index in [9.17, 15) is 0 Å². The molecule has 1 heterocycles. The lowest BCUT2D eigenvalue weighted by Gasteiger charge is -2.12. The van der Waals surface area contributed by atoms with Crippen molar-refractivity contribution in [3.8, 4) is 11.8 Å². The Morgan fingerprint density at radius 1 is 1.41 bits per heavy atom. The van der Waals surface area contributed by atoms with Crippen molar-refractivity contribution in [3.63, 3.8) is 0 Å². The van der Waals surface area contributed by atoms with Gasteiger partial charge >= 0.3 is 0 Å². The van der Waals surface area contributed by atoms with Crippen molar-refractivity contribution in [1.82, 2.24) is 0 Å². The van der Waals surface area contributed by atoms with E-state index in [1.165, 1.54) is 6.42 Å². The summed E-state index contributed by atoms with van der Waals surface area (Å²) in [7, 11) is 1.57. The topological polar surface area (TPSA) is 62.0 Å². The maximum atomic E-state index is 9.11. The van der Waals surface area contributed by atoms with Crippen LogP contribution in [0.3, 0.4) is 0 Å². The molecule has 0 saturated carbocycles. The number of rotatable bonds is 2. The van der Waals surface area contributed by atoms with Crippen LogP contribution in [0.5, 0.6) is 5.75 Å². The fourth-order valence-corrected chi connectivity index (χ4v) is 2.12. The molecule has 0 radical (unpaired) electrons. The number of nitrogen functional groups attached to an aromatic ring is 1. The van der Waals surface area contributed by atoms with E-state index in [0.717, 1.165) is 25.1 Å². The Balaban J connectivity index is 2.54. The van der Waals surface area contributed by atoms with Crippen molar-refractivity contribution < 1.29 is 9.31 Å². The molecule has 1 aromatic rings. The normalized spacial score (nSPS) is 14.9. The molecule has 1 aromatic carbocycles. The zero-order valence-electron chi connectivity index (χ0n) is 9.94. The summed E-state index contributed by atoms with van der Waals surface area (Å²) in [5, 5.41) is 9.11. The lowest BCUT2D eigenvalue weighted by Crippen LogP contribution is -2.15. The third-order valence-electron chi connectivity index (χ3n) is 3.00. The number of anilines is 1. The molecule has 0 atom stereocenters. The number of nitriles is 1. The first-order chi connectivity index (χ1) is 8.27. The van der Waals surface area contributed by atoms with Crippen LogP contribution in [0.25, 0.3) is 0 Å². The molecule has 88 valence electrons. The Hall–Kier alpha value is -2.02. The Bertz CT molecular complexity index is 500. The number of hydrogen-bond acceptors (Lipinski definition) is 3. The van der Waals surface area contributed by atoms with Gasteiger partial charge in [0.2, 0.25) is 11.4 Å². The van der Waals surface area contributed by atoms with Gasteiger partial charge in [0.25, 0.3) is 0 Å². The lowest BCUT2D eigenvalue weighted by atomic mass is 10.1. The summed E-state index contributed by atoms with van der Waals surface area (Å²) >= 11 is 0. The van der Waals surface area contributed by atoms with Gasteiger partial charge in [0.1, 0.15) is 24.4 Å². The van der Waals surface area contributed by atoms with Crippen molar-refractivity contribution in [2.45, 2.75) is 19.3 Å². The van der Waals surface area contributed by atoms with Crippen molar-refractivity contribution in [2.75, 3.05) is 19.4 Å². The molecule has 17 heavy (non-hydrogen) atoms. The summed E-state index contributed by atoms with van der Waals surface area (Å²) in [6, 6.07) is 5.78. The molecule has 0 bridgehead atoms. The Morgan fingerprint density at radius 2 is 2.24 bits per heavy atom. The SMILES string of the molecule is COc1c([N+]2=CCCCC2)ccc(N)c1C#N. The summed E-state index contributed by atoms with van der Waals surface area (Å²) in [6.45, 7) is 0.963. The molecule has 2 N–H and O–H groups in total. The summed E-state index contributed by atoms with van der Waals surface area (Å²) in [6.07, 6.45) is 5.60. The highest BCUT2D eigenvalue weighted by atomic mass is 16.5. The summed E-state index contributed by atoms with van der Waals surface area (Å²) in [4.78, 5) is 0. The number of nitrogens with two attached hydrogens (primary N) is 1. The largest absolute Gasteiger partial charge is 0.489 e. The molecule has 0 spiro atoms. The molecule has 2 rings (SSSR count). The first kappa shape index (κ1) is 11.5. The number of ether oxygens (including phenoxy) is 1. The van der Waals surface area contributed by atoms with Gasteiger partial charge in [-0.25, -0.2) is 0 Å². The van der Waals surface area contributed by atoms with Gasteiger partial charge < -0.3 is 10.5 Å². The number of benzene rings is 1. The van der Waals surface area contributed by atoms with Crippen LogP contribution < -0.4 is 10.5 Å². The standard InChI is InChI=1S/C13H16N3O/c1-17-13-10(9-14)11(15)5-6-12(13)16-7-3-2-4-8-16/h5-7H,2-4,8,15H2,1H3/q+1. The van der Waals surface area contributed by atoms with E-state index in [0.29, 0.717) is 17.0 Å². The molecule has 0 amide bonds. The minimum Gasteiger partial charge on any atom is -0.489 e. The van der Waals surface area contributed by atoms with Crippen LogP contribution in [0.15, 0.2) is 12.1 Å². The van der Waals surface area contributed by atoms with Gasteiger partial charge in [-0.1, -0.05) is 0 Å². The van der Waals surface area contributed by atoms with Crippen LogP contribution in [0.4, 0.5) is 11.4 Å². The summed E-state index contributed by atoms with van der Waals surface area (Å²) in [5.74, 6) is 0.575. The highest BCUT2D eigenvalue weighted by Gasteiger charge is 2.22. The molecule has 0 unspecified atom stereocenters. The monoisotopic (exact) mass is 230 g/mol. The second kappa shape index (κ2) is 4.88. The van der Waals surface area contributed by atoms with Gasteiger partial charge in [-0.3, -0.25) is 0 Å². The number of nitrogens with zero attached hydrogens (tertiary/aromatic N) is 2. The smallest absolute Gasteiger partial charge is 0.248 e. The Kier molecular flexibility index (Phi) is 3.29. The zero-order chi connectivity index (χ0) is 12.3. The molecule has 0 aromatic heterocycles. The molecule has 4 heteroatoms. The molecule has 0 fully saturated rings. The zero-order valence-corrected chi connectivity index (χ0v) is 9.94. The van der Waals surface area contributed by atoms with E-state index in [1.54, 1.807) is 13.2 Å². The maximum absolute atomic E-state index is 9.11. The van der Waals surface area contributed by atoms with E-state index in [1.807, 2.05) is 6.07 Å². The average molecular weight is 230 g/mol. The Labute approximate surface area is 101 Å². The molecule has 0 saturated heterocycles. The highest BCUT2D eigenvalue weighted by Crippen LogP contribution is 2.34. The summed E-state index contributed by atoms with van der Waals surface area (Å²) < 4.78 is 7.48. The van der Waals surface area contributed by atoms with E-state index in [2.05, 4.69) is 16.9 Å². The third kappa shape index (κ3) is 2.09. The van der Waals surface area contributed by atoms with E-state index in [-0.39, 0.29) is 0 Å². The number of hydrogen-bond donors (Lipinski definition) is 1. The van der Waals surface area contributed by atoms with Crippen LogP contribution >= 0.6 is 0 Å². The van der Waals surface area contributed by atoms with Gasteiger partial charge in [-0.15, -0.1) is 0 Å². The van der Waals surface area contributed by atoms with Crippen molar-refractivity contribution in [1.29, 1.82) is 5.26 Å². The van der Waals surface area contributed by atoms with E-state index in [4.69, 9.17) is 15.7 Å². The molecular weight excluding hydrogens is 214 g/mol. The molecule has 4 nitrogen and oxygen atoms in total. The molecule has 1 aliphatic rings. The van der Waals surface area contributed by atoms with Crippen molar-refractivity contribution in [3.05, 3.63) is 17.7 Å². The van der Waals surface area contributed by atoms with Crippen LogP contribution in [0, 0.1) is 11.3 Å². The van der Waals surface area contributed by atoms with Gasteiger partial charge in [-0.2, -0.15) is 9.84 Å². The Morgan fingerprint density at radius 3 is 2.82 bits per heavy atom. The fourth-order valence-electron chi connectivity index (χ4n) is 2.12. The van der Waals surface area contributed by atoms with Gasteiger partial charge in [0.05, 0.1) is 12.8 Å². The molecule has 1 aliphatic heterocycles. The summed E-state index contributed by atoms with van der Waals surface area (Å²) in [5.41, 5.74) is 7.59. The van der Waals surface area contributed by atoms with Crippen LogP contribution in [-0.2, 0) is 0 Å². The van der Waals surface area contributed by atoms with Gasteiger partial charge in [-0.05, 0) is 12.5 Å². The first-order valence-electron chi connectivity index (χ1n) is 5.74. The highest BCUT2D eigenvalue weighted by molar-refractivity contribution is 5.69. The van der Waals surface area contributed by atoms with Crippen LogP contribution in [0.1, 0.15) is 24.8 Å². The van der Waals surface area contributed by atoms with Gasteiger partial charge in [0.15, 0.2) is 0 Å². The van der Waals surface area contributed by atoms with Gasteiger partial charge in [0, 0.05) is 18.9 Å². The number of methoxy groups -OCH3 is 1. The van der Waals surface area contributed by atoms with Crippen LogP contribution in [-0.4, -0.2) is 24.4 Å². The second-order valence-corrected chi connectivity index (χ2v) is 4.07. The predicted octanol–water partition coefficient (Wildman–Crippen LogP) is 2.05. The maximum Gasteiger partial charge on any atom is 0.248 e. The van der Waals surface area contributed by atoms with E-state index < -0.39 is 0 Å². The molecular formula is C13H16N3O+. The lowest BCUT2D eigenvalue weighted by molar-refractivity contribution is -0.442. The average Bonchev–Trinajstić information content (AvgIpc) is 2.39. The van der Waals surface area contributed by atoms with Crippen molar-refractivity contribution >= 4 is 17.6 Å². The van der Waals surface area contributed by atoms with Crippen LogP contribution in [0.2, 0.25) is 0 Å². The minimum atomic E-state index is 0.420. The second-order valence-electron chi connectivity index (χ2n) is 4.07. The molecule has 0 aliphatic carbocycles. The fraction of sp³-hybridized carbons (Fsp3) is 0.385. The quantitative estimate of drug-likeness (QED) is 0.624. The van der Waals surface area contributed by atoms with E-state index >= 15 is 0 Å². The first-order valence-corrected chi connectivity index (χ1v) is 5.74.